The van der Waals surface area contributed by atoms with Gasteiger partial charge in [-0.2, -0.15) is 0 Å². The van der Waals surface area contributed by atoms with E-state index in [2.05, 4.69) is 9.97 Å². The van der Waals surface area contributed by atoms with E-state index in [-0.39, 0.29) is 5.56 Å². The SMILES string of the molecule is CC(C)C(=O)c1c(F)cc(-c2cnccn2)cc1F. The minimum absolute atomic E-state index is 0.253. The van der Waals surface area contributed by atoms with Gasteiger partial charge in [-0.3, -0.25) is 14.8 Å². The molecule has 1 aromatic heterocycles. The number of carbonyl (C=O) groups excluding carboxylic acids is 1. The lowest BCUT2D eigenvalue weighted by Gasteiger charge is -2.09. The molecule has 0 radical (unpaired) electrons. The highest BCUT2D eigenvalue weighted by molar-refractivity contribution is 5.98. The van der Waals surface area contributed by atoms with Crippen LogP contribution in [0.1, 0.15) is 24.2 Å². The molecule has 0 fully saturated rings. The van der Waals surface area contributed by atoms with Crippen molar-refractivity contribution in [3.63, 3.8) is 0 Å². The highest BCUT2D eigenvalue weighted by atomic mass is 19.1. The average molecular weight is 262 g/mol. The number of hydrogen-bond donors (Lipinski definition) is 0. The van der Waals surface area contributed by atoms with Crippen molar-refractivity contribution in [2.75, 3.05) is 0 Å². The van der Waals surface area contributed by atoms with Crippen LogP contribution in [0.25, 0.3) is 11.3 Å². The van der Waals surface area contributed by atoms with Crippen LogP contribution in [0.3, 0.4) is 0 Å². The van der Waals surface area contributed by atoms with Crippen LogP contribution >= 0.6 is 0 Å². The second-order valence-corrected chi connectivity index (χ2v) is 4.42. The molecule has 1 heterocycles. The van der Waals surface area contributed by atoms with Gasteiger partial charge in [-0.25, -0.2) is 8.78 Å². The van der Waals surface area contributed by atoms with Crippen molar-refractivity contribution in [2.24, 2.45) is 5.92 Å². The predicted molar refractivity (Wildman–Crippen MR) is 66.6 cm³/mol. The van der Waals surface area contributed by atoms with Crippen LogP contribution in [0.4, 0.5) is 8.78 Å². The summed E-state index contributed by atoms with van der Waals surface area (Å²) < 4.78 is 27.8. The largest absolute Gasteiger partial charge is 0.294 e. The van der Waals surface area contributed by atoms with Crippen LogP contribution in [0, 0.1) is 17.6 Å². The van der Waals surface area contributed by atoms with Gasteiger partial charge in [-0.05, 0) is 12.1 Å². The van der Waals surface area contributed by atoms with E-state index in [4.69, 9.17) is 0 Å². The molecule has 1 aromatic carbocycles. The molecular formula is C14H12F2N2O. The van der Waals surface area contributed by atoms with Crippen LogP contribution < -0.4 is 0 Å². The minimum atomic E-state index is -0.876. The van der Waals surface area contributed by atoms with E-state index < -0.39 is 28.9 Å². The molecule has 2 rings (SSSR count). The molecule has 0 amide bonds. The molecule has 0 aliphatic rings. The number of nitrogens with zero attached hydrogens (tertiary/aromatic N) is 2. The summed E-state index contributed by atoms with van der Waals surface area (Å²) in [7, 11) is 0. The van der Waals surface area contributed by atoms with Crippen LogP contribution in [-0.2, 0) is 0 Å². The topological polar surface area (TPSA) is 42.9 Å². The lowest BCUT2D eigenvalue weighted by molar-refractivity contribution is 0.0931. The maximum absolute atomic E-state index is 13.9. The average Bonchev–Trinajstić information content (AvgIpc) is 2.38. The summed E-state index contributed by atoms with van der Waals surface area (Å²) >= 11 is 0. The van der Waals surface area contributed by atoms with Crippen LogP contribution in [0.2, 0.25) is 0 Å². The van der Waals surface area contributed by atoms with Gasteiger partial charge in [0.2, 0.25) is 0 Å². The molecule has 98 valence electrons. The fourth-order valence-electron chi connectivity index (χ4n) is 1.69. The van der Waals surface area contributed by atoms with E-state index in [9.17, 15) is 13.6 Å². The van der Waals surface area contributed by atoms with Crippen molar-refractivity contribution < 1.29 is 13.6 Å². The molecule has 19 heavy (non-hydrogen) atoms. The minimum Gasteiger partial charge on any atom is -0.294 e. The first-order valence-corrected chi connectivity index (χ1v) is 5.80. The number of rotatable bonds is 3. The molecule has 0 N–H and O–H groups in total. The molecule has 2 aromatic rings. The summed E-state index contributed by atoms with van der Waals surface area (Å²) in [5.41, 5.74) is 0.106. The van der Waals surface area contributed by atoms with E-state index in [1.165, 1.54) is 18.6 Å². The Morgan fingerprint density at radius 2 is 1.79 bits per heavy atom. The lowest BCUT2D eigenvalue weighted by atomic mass is 9.98. The molecule has 5 heteroatoms. The van der Waals surface area contributed by atoms with Crippen molar-refractivity contribution in [3.05, 3.63) is 47.9 Å². The van der Waals surface area contributed by atoms with Crippen molar-refractivity contribution in [1.82, 2.24) is 9.97 Å². The van der Waals surface area contributed by atoms with Gasteiger partial charge in [0.25, 0.3) is 0 Å². The van der Waals surface area contributed by atoms with Gasteiger partial charge in [0, 0.05) is 23.9 Å². The first-order valence-electron chi connectivity index (χ1n) is 5.80. The highest BCUT2D eigenvalue weighted by Crippen LogP contribution is 2.24. The van der Waals surface area contributed by atoms with Crippen molar-refractivity contribution >= 4 is 5.78 Å². The number of carbonyl (C=O) groups is 1. The first kappa shape index (κ1) is 13.3. The van der Waals surface area contributed by atoms with E-state index in [0.717, 1.165) is 12.1 Å². The van der Waals surface area contributed by atoms with Crippen LogP contribution in [0.5, 0.6) is 0 Å². The molecular weight excluding hydrogens is 250 g/mol. The summed E-state index contributed by atoms with van der Waals surface area (Å²) in [6.07, 6.45) is 4.29. The molecule has 0 spiro atoms. The van der Waals surface area contributed by atoms with Gasteiger partial charge in [0.05, 0.1) is 17.5 Å². The Morgan fingerprint density at radius 1 is 1.16 bits per heavy atom. The number of ketones is 1. The van der Waals surface area contributed by atoms with E-state index >= 15 is 0 Å². The Kier molecular flexibility index (Phi) is 3.64. The second-order valence-electron chi connectivity index (χ2n) is 4.42. The van der Waals surface area contributed by atoms with Crippen LogP contribution in [0.15, 0.2) is 30.7 Å². The predicted octanol–water partition coefficient (Wildman–Crippen LogP) is 3.26. The number of halogens is 2. The third-order valence-electron chi connectivity index (χ3n) is 2.67. The third kappa shape index (κ3) is 2.65. The number of benzene rings is 1. The van der Waals surface area contributed by atoms with Crippen molar-refractivity contribution in [1.29, 1.82) is 0 Å². The molecule has 0 aliphatic heterocycles. The second kappa shape index (κ2) is 5.22. The molecule has 0 saturated heterocycles. The summed E-state index contributed by atoms with van der Waals surface area (Å²) in [4.78, 5) is 19.5. The van der Waals surface area contributed by atoms with Gasteiger partial charge >= 0.3 is 0 Å². The molecule has 0 unspecified atom stereocenters. The number of aromatic nitrogens is 2. The maximum atomic E-state index is 13.9. The summed E-state index contributed by atoms with van der Waals surface area (Å²) in [6, 6.07) is 2.20. The summed E-state index contributed by atoms with van der Waals surface area (Å²) in [5.74, 6) is -2.77. The quantitative estimate of drug-likeness (QED) is 0.797. The van der Waals surface area contributed by atoms with E-state index in [1.807, 2.05) is 0 Å². The third-order valence-corrected chi connectivity index (χ3v) is 2.67. The monoisotopic (exact) mass is 262 g/mol. The van der Waals surface area contributed by atoms with Gasteiger partial charge in [-0.15, -0.1) is 0 Å². The fourth-order valence-corrected chi connectivity index (χ4v) is 1.69. The van der Waals surface area contributed by atoms with Gasteiger partial charge in [-0.1, -0.05) is 13.8 Å². The zero-order chi connectivity index (χ0) is 14.0. The normalized spacial score (nSPS) is 10.8. The van der Waals surface area contributed by atoms with E-state index in [1.54, 1.807) is 13.8 Å². The lowest BCUT2D eigenvalue weighted by Crippen LogP contribution is -2.12. The Labute approximate surface area is 109 Å². The molecule has 0 aliphatic carbocycles. The molecule has 0 bridgehead atoms. The van der Waals surface area contributed by atoms with Gasteiger partial charge in [0.15, 0.2) is 5.78 Å². The van der Waals surface area contributed by atoms with Gasteiger partial charge in [0.1, 0.15) is 11.6 Å². The van der Waals surface area contributed by atoms with Crippen molar-refractivity contribution in [3.8, 4) is 11.3 Å². The highest BCUT2D eigenvalue weighted by Gasteiger charge is 2.21. The maximum Gasteiger partial charge on any atom is 0.171 e. The standard InChI is InChI=1S/C14H12F2N2O/c1-8(2)14(19)13-10(15)5-9(6-11(13)16)12-7-17-3-4-18-12/h3-8H,1-2H3. The number of hydrogen-bond acceptors (Lipinski definition) is 3. The number of Topliss-reactive ketones (excluding diaryl/α,β-unsaturated/α-hetero) is 1. The Hall–Kier alpha value is -2.17. The van der Waals surface area contributed by atoms with E-state index in [0.29, 0.717) is 5.69 Å². The summed E-state index contributed by atoms with van der Waals surface area (Å²) in [6.45, 7) is 3.19. The summed E-state index contributed by atoms with van der Waals surface area (Å²) in [5, 5.41) is 0. The zero-order valence-electron chi connectivity index (χ0n) is 10.5. The Balaban J connectivity index is 2.52. The van der Waals surface area contributed by atoms with Gasteiger partial charge < -0.3 is 0 Å². The Bertz CT molecular complexity index is 589. The first-order chi connectivity index (χ1) is 9.00. The van der Waals surface area contributed by atoms with Crippen LogP contribution in [-0.4, -0.2) is 15.8 Å². The molecule has 3 nitrogen and oxygen atoms in total. The van der Waals surface area contributed by atoms with Crippen molar-refractivity contribution in [2.45, 2.75) is 13.8 Å². The molecule has 0 saturated carbocycles. The Morgan fingerprint density at radius 3 is 2.26 bits per heavy atom. The molecule has 0 atom stereocenters. The zero-order valence-corrected chi connectivity index (χ0v) is 10.5. The fraction of sp³-hybridized carbons (Fsp3) is 0.214. The smallest absolute Gasteiger partial charge is 0.171 e.